The van der Waals surface area contributed by atoms with Gasteiger partial charge in [0.05, 0.1) is 29.3 Å². The lowest BCUT2D eigenvalue weighted by Gasteiger charge is -2.36. The number of amides is 1. The molecule has 1 amide bonds. The first-order valence-electron chi connectivity index (χ1n) is 8.26. The van der Waals surface area contributed by atoms with Crippen molar-refractivity contribution in [2.24, 2.45) is 5.92 Å². The van der Waals surface area contributed by atoms with Gasteiger partial charge in [-0.15, -0.1) is 11.3 Å². The molecule has 5 nitrogen and oxygen atoms in total. The normalized spacial score (nSPS) is 22.3. The SMILES string of the molecule is Cc1nn(CC(C)C)c2sc(C(=O)N3C[C@@H](C)OC[C@H]3C)cc12. The molecule has 0 radical (unpaired) electrons. The molecule has 1 fully saturated rings. The first-order chi connectivity index (χ1) is 10.9. The number of carbonyl (C=O) groups is 1. The van der Waals surface area contributed by atoms with Crippen molar-refractivity contribution in [2.45, 2.75) is 53.3 Å². The predicted molar refractivity (Wildman–Crippen MR) is 93.1 cm³/mol. The summed E-state index contributed by atoms with van der Waals surface area (Å²) in [6, 6.07) is 2.13. The van der Waals surface area contributed by atoms with Crippen LogP contribution in [0.25, 0.3) is 10.2 Å². The number of rotatable bonds is 3. The Morgan fingerprint density at radius 3 is 2.91 bits per heavy atom. The Labute approximate surface area is 141 Å². The second-order valence-corrected chi connectivity index (χ2v) is 7.97. The van der Waals surface area contributed by atoms with Crippen molar-refractivity contribution in [2.75, 3.05) is 13.2 Å². The fourth-order valence-corrected chi connectivity index (χ4v) is 4.14. The zero-order chi connectivity index (χ0) is 16.7. The topological polar surface area (TPSA) is 47.4 Å². The number of hydrogen-bond acceptors (Lipinski definition) is 4. The molecule has 2 aromatic heterocycles. The number of morpholine rings is 1. The van der Waals surface area contributed by atoms with Gasteiger partial charge in [-0.3, -0.25) is 9.48 Å². The van der Waals surface area contributed by atoms with E-state index in [1.807, 2.05) is 36.4 Å². The van der Waals surface area contributed by atoms with Crippen molar-refractivity contribution in [3.63, 3.8) is 0 Å². The largest absolute Gasteiger partial charge is 0.375 e. The van der Waals surface area contributed by atoms with Crippen LogP contribution in [0.1, 0.15) is 43.1 Å². The van der Waals surface area contributed by atoms with Gasteiger partial charge in [-0.2, -0.15) is 5.10 Å². The van der Waals surface area contributed by atoms with Crippen LogP contribution in [-0.2, 0) is 11.3 Å². The van der Waals surface area contributed by atoms with Gasteiger partial charge in [0.1, 0.15) is 4.83 Å². The third kappa shape index (κ3) is 3.15. The summed E-state index contributed by atoms with van der Waals surface area (Å²) in [6.45, 7) is 12.6. The van der Waals surface area contributed by atoms with Crippen molar-refractivity contribution in [1.29, 1.82) is 0 Å². The molecule has 3 rings (SSSR count). The van der Waals surface area contributed by atoms with Crippen molar-refractivity contribution >= 4 is 27.5 Å². The summed E-state index contributed by atoms with van der Waals surface area (Å²) in [7, 11) is 0. The fourth-order valence-electron chi connectivity index (χ4n) is 3.02. The number of aromatic nitrogens is 2. The van der Waals surface area contributed by atoms with Crippen molar-refractivity contribution in [1.82, 2.24) is 14.7 Å². The Bertz CT molecular complexity index is 719. The monoisotopic (exact) mass is 335 g/mol. The molecule has 0 aromatic carbocycles. The fraction of sp³-hybridized carbons (Fsp3) is 0.647. The number of ether oxygens (including phenoxy) is 1. The number of aryl methyl sites for hydroxylation is 1. The van der Waals surface area contributed by atoms with Gasteiger partial charge < -0.3 is 9.64 Å². The van der Waals surface area contributed by atoms with Crippen molar-refractivity contribution in [3.05, 3.63) is 16.6 Å². The van der Waals surface area contributed by atoms with Gasteiger partial charge in [-0.25, -0.2) is 0 Å². The van der Waals surface area contributed by atoms with E-state index in [0.29, 0.717) is 19.1 Å². The Morgan fingerprint density at radius 1 is 1.48 bits per heavy atom. The van der Waals surface area contributed by atoms with E-state index in [1.54, 1.807) is 11.3 Å². The minimum Gasteiger partial charge on any atom is -0.375 e. The summed E-state index contributed by atoms with van der Waals surface area (Å²) >= 11 is 1.56. The lowest BCUT2D eigenvalue weighted by Crippen LogP contribution is -2.50. The Hall–Kier alpha value is -1.40. The minimum atomic E-state index is 0.0997. The second kappa shape index (κ2) is 6.24. The van der Waals surface area contributed by atoms with Crippen LogP contribution >= 0.6 is 11.3 Å². The molecule has 0 spiro atoms. The summed E-state index contributed by atoms with van der Waals surface area (Å²) in [5.74, 6) is 0.642. The first kappa shape index (κ1) is 16.5. The van der Waals surface area contributed by atoms with E-state index in [1.165, 1.54) is 0 Å². The molecule has 2 aromatic rings. The van der Waals surface area contributed by atoms with Crippen LogP contribution in [0.15, 0.2) is 6.07 Å². The maximum Gasteiger partial charge on any atom is 0.264 e. The Balaban J connectivity index is 1.92. The van der Waals surface area contributed by atoms with Crippen LogP contribution in [0.3, 0.4) is 0 Å². The molecule has 0 bridgehead atoms. The highest BCUT2D eigenvalue weighted by Crippen LogP contribution is 2.30. The standard InChI is InChI=1S/C17H25N3O2S/c1-10(2)7-20-17-14(13(5)18-20)6-15(23-17)16(21)19-8-12(4)22-9-11(19)3/h6,10-12H,7-9H2,1-5H3/t11-,12-/m1/s1. The average molecular weight is 335 g/mol. The van der Waals surface area contributed by atoms with E-state index in [4.69, 9.17) is 4.74 Å². The molecule has 0 aliphatic carbocycles. The number of fused-ring (bicyclic) bond motifs is 1. The van der Waals surface area contributed by atoms with Gasteiger partial charge in [0.2, 0.25) is 0 Å². The van der Waals surface area contributed by atoms with Crippen LogP contribution in [0, 0.1) is 12.8 Å². The van der Waals surface area contributed by atoms with E-state index in [2.05, 4.69) is 18.9 Å². The zero-order valence-electron chi connectivity index (χ0n) is 14.5. The number of hydrogen-bond donors (Lipinski definition) is 0. The maximum absolute atomic E-state index is 12.9. The molecule has 1 aliphatic heterocycles. The third-order valence-electron chi connectivity index (χ3n) is 4.22. The first-order valence-corrected chi connectivity index (χ1v) is 9.08. The average Bonchev–Trinajstić information content (AvgIpc) is 3.03. The van der Waals surface area contributed by atoms with Gasteiger partial charge in [-0.05, 0) is 32.8 Å². The molecule has 0 N–H and O–H groups in total. The Morgan fingerprint density at radius 2 is 2.22 bits per heavy atom. The highest BCUT2D eigenvalue weighted by atomic mass is 32.1. The smallest absolute Gasteiger partial charge is 0.264 e. The van der Waals surface area contributed by atoms with Crippen molar-refractivity contribution < 1.29 is 9.53 Å². The van der Waals surface area contributed by atoms with E-state index in [0.717, 1.165) is 27.3 Å². The molecule has 1 aliphatic rings. The molecule has 0 saturated carbocycles. The highest BCUT2D eigenvalue weighted by molar-refractivity contribution is 7.20. The molecule has 0 unspecified atom stereocenters. The lowest BCUT2D eigenvalue weighted by atomic mass is 10.2. The number of carbonyl (C=O) groups excluding carboxylic acids is 1. The molecule has 2 atom stereocenters. The minimum absolute atomic E-state index is 0.0997. The lowest BCUT2D eigenvalue weighted by molar-refractivity contribution is -0.0385. The van der Waals surface area contributed by atoms with Crippen LogP contribution in [0.4, 0.5) is 0 Å². The molecular weight excluding hydrogens is 310 g/mol. The Kier molecular flexibility index (Phi) is 4.47. The van der Waals surface area contributed by atoms with E-state index in [9.17, 15) is 4.79 Å². The molecule has 23 heavy (non-hydrogen) atoms. The number of thiophene rings is 1. The van der Waals surface area contributed by atoms with Crippen LogP contribution < -0.4 is 0 Å². The van der Waals surface area contributed by atoms with Gasteiger partial charge in [0, 0.05) is 18.5 Å². The molecule has 126 valence electrons. The third-order valence-corrected chi connectivity index (χ3v) is 5.36. The quantitative estimate of drug-likeness (QED) is 0.864. The maximum atomic E-state index is 12.9. The van der Waals surface area contributed by atoms with Gasteiger partial charge >= 0.3 is 0 Å². The van der Waals surface area contributed by atoms with Gasteiger partial charge in [-0.1, -0.05) is 13.8 Å². The van der Waals surface area contributed by atoms with Crippen LogP contribution in [0.2, 0.25) is 0 Å². The van der Waals surface area contributed by atoms with Crippen molar-refractivity contribution in [3.8, 4) is 0 Å². The van der Waals surface area contributed by atoms with E-state index in [-0.39, 0.29) is 18.1 Å². The summed E-state index contributed by atoms with van der Waals surface area (Å²) in [5, 5.41) is 5.72. The number of nitrogens with zero attached hydrogens (tertiary/aromatic N) is 3. The summed E-state index contributed by atoms with van der Waals surface area (Å²) in [5.41, 5.74) is 0.999. The van der Waals surface area contributed by atoms with E-state index < -0.39 is 0 Å². The molecule has 3 heterocycles. The predicted octanol–water partition coefficient (Wildman–Crippen LogP) is 3.31. The van der Waals surface area contributed by atoms with Gasteiger partial charge in [0.15, 0.2) is 0 Å². The van der Waals surface area contributed by atoms with Crippen LogP contribution in [-0.4, -0.2) is 45.9 Å². The summed E-state index contributed by atoms with van der Waals surface area (Å²) in [4.78, 5) is 16.8. The molecule has 6 heteroatoms. The summed E-state index contributed by atoms with van der Waals surface area (Å²) in [6.07, 6.45) is 0.0997. The molecular formula is C17H25N3O2S. The summed E-state index contributed by atoms with van der Waals surface area (Å²) < 4.78 is 7.67. The molecule has 1 saturated heterocycles. The zero-order valence-corrected chi connectivity index (χ0v) is 15.3. The van der Waals surface area contributed by atoms with Crippen LogP contribution in [0.5, 0.6) is 0 Å². The second-order valence-electron chi connectivity index (χ2n) is 6.94. The highest BCUT2D eigenvalue weighted by Gasteiger charge is 2.29. The van der Waals surface area contributed by atoms with Gasteiger partial charge in [0.25, 0.3) is 5.91 Å². The van der Waals surface area contributed by atoms with E-state index >= 15 is 0 Å².